The molecule has 0 unspecified atom stereocenters. The third-order valence-corrected chi connectivity index (χ3v) is 4.40. The van der Waals surface area contributed by atoms with Gasteiger partial charge in [0, 0.05) is 31.3 Å². The average molecular weight is 318 g/mol. The monoisotopic (exact) mass is 318 g/mol. The molecule has 5 nitrogen and oxygen atoms in total. The highest BCUT2D eigenvalue weighted by Gasteiger charge is 2.23. The van der Waals surface area contributed by atoms with Crippen LogP contribution in [0.25, 0.3) is 0 Å². The molecule has 2 N–H and O–H groups in total. The summed E-state index contributed by atoms with van der Waals surface area (Å²) in [4.78, 5) is 11.6. The van der Waals surface area contributed by atoms with Crippen LogP contribution < -0.4 is 15.4 Å². The fraction of sp³-hybridized carbons (Fsp3) is 0.611. The highest BCUT2D eigenvalue weighted by atomic mass is 16.5. The normalized spacial score (nSPS) is 20.0. The zero-order valence-corrected chi connectivity index (χ0v) is 13.7. The summed E-state index contributed by atoms with van der Waals surface area (Å²) in [7, 11) is 0. The van der Waals surface area contributed by atoms with Crippen molar-refractivity contribution in [3.05, 3.63) is 29.8 Å². The molecule has 3 rings (SSSR count). The number of carbonyl (C=O) groups is 1. The molecule has 0 bridgehead atoms. The number of amides is 1. The van der Waals surface area contributed by atoms with Gasteiger partial charge in [0.1, 0.15) is 5.75 Å². The van der Waals surface area contributed by atoms with Gasteiger partial charge in [-0.2, -0.15) is 0 Å². The van der Waals surface area contributed by atoms with Crippen LogP contribution in [0.1, 0.15) is 44.2 Å². The van der Waals surface area contributed by atoms with E-state index >= 15 is 0 Å². The van der Waals surface area contributed by atoms with Gasteiger partial charge in [-0.1, -0.05) is 12.1 Å². The topological polar surface area (TPSA) is 59.6 Å². The molecule has 1 heterocycles. The van der Waals surface area contributed by atoms with Gasteiger partial charge in [-0.25, -0.2) is 0 Å². The van der Waals surface area contributed by atoms with Crippen molar-refractivity contribution in [2.45, 2.75) is 50.7 Å². The molecular weight excluding hydrogens is 292 g/mol. The lowest BCUT2D eigenvalue weighted by Crippen LogP contribution is -2.36. The van der Waals surface area contributed by atoms with E-state index in [-0.39, 0.29) is 12.5 Å². The Labute approximate surface area is 137 Å². The van der Waals surface area contributed by atoms with Crippen molar-refractivity contribution in [1.82, 2.24) is 10.6 Å². The first-order chi connectivity index (χ1) is 11.2. The molecule has 2 aliphatic rings. The molecule has 0 spiro atoms. The first-order valence-electron chi connectivity index (χ1n) is 8.56. The predicted molar refractivity (Wildman–Crippen MR) is 88.5 cm³/mol. The van der Waals surface area contributed by atoms with Gasteiger partial charge < -0.3 is 20.1 Å². The van der Waals surface area contributed by atoms with Crippen LogP contribution in [0.4, 0.5) is 0 Å². The predicted octanol–water partition coefficient (Wildman–Crippen LogP) is 2.17. The standard InChI is InChI=1S/C18H26N2O3/c1-13(19-16-8-10-22-11-9-16)14-2-6-17(7-3-14)23-12-18(21)20-15-4-5-15/h2-3,6-7,13,15-16,19H,4-5,8-12H2,1H3,(H,20,21)/t13-/m1/s1. The summed E-state index contributed by atoms with van der Waals surface area (Å²) in [6.45, 7) is 3.96. The van der Waals surface area contributed by atoms with Crippen LogP contribution in [0.2, 0.25) is 0 Å². The molecule has 1 saturated heterocycles. The van der Waals surface area contributed by atoms with Crippen LogP contribution in [-0.2, 0) is 9.53 Å². The summed E-state index contributed by atoms with van der Waals surface area (Å²) in [5.41, 5.74) is 1.23. The van der Waals surface area contributed by atoms with Crippen molar-refractivity contribution in [2.75, 3.05) is 19.8 Å². The molecule has 2 fully saturated rings. The van der Waals surface area contributed by atoms with Crippen molar-refractivity contribution >= 4 is 5.91 Å². The van der Waals surface area contributed by atoms with Gasteiger partial charge in [-0.3, -0.25) is 4.79 Å². The molecule has 0 aromatic heterocycles. The van der Waals surface area contributed by atoms with E-state index in [1.165, 1.54) is 5.56 Å². The van der Waals surface area contributed by atoms with Crippen molar-refractivity contribution in [1.29, 1.82) is 0 Å². The number of ether oxygens (including phenoxy) is 2. The SMILES string of the molecule is C[C@@H](NC1CCOCC1)c1ccc(OCC(=O)NC2CC2)cc1. The fourth-order valence-electron chi connectivity index (χ4n) is 2.81. The van der Waals surface area contributed by atoms with Crippen molar-refractivity contribution in [2.24, 2.45) is 0 Å². The Hall–Kier alpha value is -1.59. The van der Waals surface area contributed by atoms with E-state index in [1.54, 1.807) is 0 Å². The molecular formula is C18H26N2O3. The Morgan fingerprint density at radius 1 is 1.17 bits per heavy atom. The highest BCUT2D eigenvalue weighted by Crippen LogP contribution is 2.20. The molecule has 23 heavy (non-hydrogen) atoms. The molecule has 1 saturated carbocycles. The number of hydrogen-bond acceptors (Lipinski definition) is 4. The summed E-state index contributed by atoms with van der Waals surface area (Å²) in [5.74, 6) is 0.698. The third-order valence-electron chi connectivity index (χ3n) is 4.40. The number of carbonyl (C=O) groups excluding carboxylic acids is 1. The van der Waals surface area contributed by atoms with Gasteiger partial charge in [0.05, 0.1) is 0 Å². The minimum Gasteiger partial charge on any atom is -0.484 e. The lowest BCUT2D eigenvalue weighted by molar-refractivity contribution is -0.123. The molecule has 5 heteroatoms. The molecule has 126 valence electrons. The number of benzene rings is 1. The van der Waals surface area contributed by atoms with E-state index in [4.69, 9.17) is 9.47 Å². The van der Waals surface area contributed by atoms with Crippen LogP contribution in [0.5, 0.6) is 5.75 Å². The molecule has 1 aromatic carbocycles. The van der Waals surface area contributed by atoms with Crippen molar-refractivity contribution in [3.63, 3.8) is 0 Å². The zero-order chi connectivity index (χ0) is 16.1. The van der Waals surface area contributed by atoms with Gasteiger partial charge in [-0.05, 0) is 50.3 Å². The maximum atomic E-state index is 11.6. The van der Waals surface area contributed by atoms with Gasteiger partial charge in [-0.15, -0.1) is 0 Å². The molecule has 1 aliphatic heterocycles. The maximum Gasteiger partial charge on any atom is 0.258 e. The highest BCUT2D eigenvalue weighted by molar-refractivity contribution is 5.78. The smallest absolute Gasteiger partial charge is 0.258 e. The van der Waals surface area contributed by atoms with Crippen LogP contribution in [-0.4, -0.2) is 37.8 Å². The van der Waals surface area contributed by atoms with Crippen LogP contribution in [0, 0.1) is 0 Å². The Morgan fingerprint density at radius 3 is 2.52 bits per heavy atom. The quantitative estimate of drug-likeness (QED) is 0.809. The van der Waals surface area contributed by atoms with Gasteiger partial charge in [0.2, 0.25) is 0 Å². The van der Waals surface area contributed by atoms with E-state index in [0.717, 1.165) is 44.6 Å². The first kappa shape index (κ1) is 16.3. The summed E-state index contributed by atoms with van der Waals surface area (Å²) in [6.07, 6.45) is 4.33. The summed E-state index contributed by atoms with van der Waals surface area (Å²) < 4.78 is 10.9. The minimum atomic E-state index is -0.0360. The van der Waals surface area contributed by atoms with Crippen LogP contribution in [0.15, 0.2) is 24.3 Å². The van der Waals surface area contributed by atoms with Crippen molar-refractivity contribution in [3.8, 4) is 5.75 Å². The average Bonchev–Trinajstić information content (AvgIpc) is 3.38. The first-order valence-corrected chi connectivity index (χ1v) is 8.56. The fourth-order valence-corrected chi connectivity index (χ4v) is 2.81. The van der Waals surface area contributed by atoms with Crippen LogP contribution in [0.3, 0.4) is 0 Å². The Bertz CT molecular complexity index is 508. The van der Waals surface area contributed by atoms with Gasteiger partial charge in [0.25, 0.3) is 5.91 Å². The second-order valence-corrected chi connectivity index (χ2v) is 6.47. The Balaban J connectivity index is 1.44. The largest absolute Gasteiger partial charge is 0.484 e. The van der Waals surface area contributed by atoms with E-state index in [2.05, 4.69) is 29.7 Å². The maximum absolute atomic E-state index is 11.6. The number of hydrogen-bond donors (Lipinski definition) is 2. The molecule has 1 amide bonds. The van der Waals surface area contributed by atoms with E-state index in [0.29, 0.717) is 18.1 Å². The summed E-state index contributed by atoms with van der Waals surface area (Å²) in [5, 5.41) is 6.56. The van der Waals surface area contributed by atoms with Gasteiger partial charge in [0.15, 0.2) is 6.61 Å². The molecule has 1 aromatic rings. The third kappa shape index (κ3) is 5.22. The molecule has 1 aliphatic carbocycles. The van der Waals surface area contributed by atoms with E-state index in [9.17, 15) is 4.79 Å². The second kappa shape index (κ2) is 7.79. The minimum absolute atomic E-state index is 0.0360. The lowest BCUT2D eigenvalue weighted by atomic mass is 10.0. The summed E-state index contributed by atoms with van der Waals surface area (Å²) >= 11 is 0. The zero-order valence-electron chi connectivity index (χ0n) is 13.7. The number of nitrogens with one attached hydrogen (secondary N) is 2. The Kier molecular flexibility index (Phi) is 5.51. The molecule has 1 atom stereocenters. The number of rotatable bonds is 7. The van der Waals surface area contributed by atoms with Crippen molar-refractivity contribution < 1.29 is 14.3 Å². The van der Waals surface area contributed by atoms with E-state index in [1.807, 2.05) is 12.1 Å². The van der Waals surface area contributed by atoms with Gasteiger partial charge >= 0.3 is 0 Å². The van der Waals surface area contributed by atoms with Crippen LogP contribution >= 0.6 is 0 Å². The summed E-state index contributed by atoms with van der Waals surface area (Å²) in [6, 6.07) is 9.19. The van der Waals surface area contributed by atoms with E-state index < -0.39 is 0 Å². The molecule has 0 radical (unpaired) electrons. The Morgan fingerprint density at radius 2 is 1.87 bits per heavy atom. The lowest BCUT2D eigenvalue weighted by Gasteiger charge is -2.27. The second-order valence-electron chi connectivity index (χ2n) is 6.47.